The molecule has 0 atom stereocenters. The Hall–Kier alpha value is -8.33. The molecular weight excluding hydrogens is 960 g/mol. The van der Waals surface area contributed by atoms with E-state index in [-0.39, 0.29) is 6.71 Å². The summed E-state index contributed by atoms with van der Waals surface area (Å²) in [7, 11) is -5.56. The number of anilines is 6. The molecule has 11 aromatic carbocycles. The first-order chi connectivity index (χ1) is 37.0. The van der Waals surface area contributed by atoms with E-state index in [0.29, 0.717) is 0 Å². The molecule has 75 heavy (non-hydrogen) atoms. The third-order valence-corrected chi connectivity index (χ3v) is 27.2. The fourth-order valence-electron chi connectivity index (χ4n) is 13.4. The average Bonchev–Trinajstić information content (AvgIpc) is 3.50. The van der Waals surface area contributed by atoms with Crippen LogP contribution < -0.4 is 72.4 Å². The second kappa shape index (κ2) is 17.1. The van der Waals surface area contributed by atoms with Crippen LogP contribution in [0.1, 0.15) is 11.1 Å². The van der Waals surface area contributed by atoms with Gasteiger partial charge < -0.3 is 14.5 Å². The highest BCUT2D eigenvalue weighted by atomic mass is 32.2. The van der Waals surface area contributed by atoms with Gasteiger partial charge in [0.2, 0.25) is 0 Å². The first kappa shape index (κ1) is 44.2. The van der Waals surface area contributed by atoms with Crippen LogP contribution in [0.25, 0.3) is 0 Å². The first-order valence-corrected chi connectivity index (χ1v) is 30.8. The summed E-state index contributed by atoms with van der Waals surface area (Å²) in [6, 6.07) is 98.6. The molecule has 0 aliphatic carbocycles. The lowest BCUT2D eigenvalue weighted by molar-refractivity contribution is 0.486. The topological polar surface area (TPSA) is 15.7 Å². The third kappa shape index (κ3) is 6.42. The summed E-state index contributed by atoms with van der Waals surface area (Å²) in [5.74, 6) is 1.82. The van der Waals surface area contributed by atoms with E-state index >= 15 is 0 Å². The highest BCUT2D eigenvalue weighted by Gasteiger charge is 2.51. The van der Waals surface area contributed by atoms with E-state index in [2.05, 4.69) is 285 Å². The number of benzene rings is 11. The standard InChI is InChI=1S/C68H49BN2OSSi2/c1-46-34-40-58-66(42-46)75(52-24-11-5-12-25-52,53-26-13-6-14-27-53)67-43-47(2)35-41-59(67)71(58)49-37-39-55-63(45-49)73-62-31-19-30-60-68(62)69(55)54-38-36-48(44-61(54)72-60)70-56-28-15-17-32-64(56)74(50-20-7-3-8-21-50,51-22-9-4-10-23-51)65-33-18-16-29-57(65)70/h3-45H,1-2H3. The SMILES string of the molecule is Cc1ccc2c(c1)[Si](c1ccccc1)(c1ccccc1)c1cc(C)ccc1N2c1ccc2c(c1)Sc1cccc3c1B2c1ccc(N2c4ccccc4[Si](c4ccccc4)(c4ccccc4)c4ccccc42)cc1O3. The van der Waals surface area contributed by atoms with Gasteiger partial charge in [-0.15, -0.1) is 0 Å². The maximum absolute atomic E-state index is 7.10. The Morgan fingerprint density at radius 1 is 0.347 bits per heavy atom. The predicted octanol–water partition coefficient (Wildman–Crippen LogP) is 9.71. The van der Waals surface area contributed by atoms with Gasteiger partial charge in [0.25, 0.3) is 6.71 Å². The van der Waals surface area contributed by atoms with E-state index in [9.17, 15) is 0 Å². The number of fused-ring (bicyclic) bond motifs is 8. The zero-order valence-corrected chi connectivity index (χ0v) is 44.4. The van der Waals surface area contributed by atoms with Crippen molar-refractivity contribution in [3.8, 4) is 11.5 Å². The Morgan fingerprint density at radius 3 is 1.31 bits per heavy atom. The molecule has 0 spiro atoms. The van der Waals surface area contributed by atoms with E-state index in [1.165, 1.54) is 102 Å². The lowest BCUT2D eigenvalue weighted by Crippen LogP contribution is -2.77. The fourth-order valence-corrected chi connectivity index (χ4v) is 25.0. The molecule has 11 aromatic rings. The van der Waals surface area contributed by atoms with Gasteiger partial charge in [0.1, 0.15) is 11.5 Å². The highest BCUT2D eigenvalue weighted by molar-refractivity contribution is 8.00. The number of aryl methyl sites for hydroxylation is 2. The largest absolute Gasteiger partial charge is 0.458 e. The first-order valence-electron chi connectivity index (χ1n) is 26.0. The third-order valence-electron chi connectivity index (χ3n) is 16.4. The Labute approximate surface area is 445 Å². The van der Waals surface area contributed by atoms with Crippen molar-refractivity contribution in [2.24, 2.45) is 0 Å². The van der Waals surface area contributed by atoms with E-state index in [1.807, 2.05) is 11.8 Å². The van der Waals surface area contributed by atoms with Gasteiger partial charge in [0.15, 0.2) is 16.1 Å². The summed E-state index contributed by atoms with van der Waals surface area (Å²) >= 11 is 1.87. The van der Waals surface area contributed by atoms with Crippen LogP contribution >= 0.6 is 11.8 Å². The Morgan fingerprint density at radius 2 is 0.787 bits per heavy atom. The van der Waals surface area contributed by atoms with Crippen LogP contribution in [0, 0.1) is 13.8 Å². The molecule has 0 saturated carbocycles. The summed E-state index contributed by atoms with van der Waals surface area (Å²) in [6.07, 6.45) is 0. The van der Waals surface area contributed by atoms with Crippen molar-refractivity contribution in [1.29, 1.82) is 0 Å². The molecule has 0 bridgehead atoms. The number of hydrogen-bond acceptors (Lipinski definition) is 4. The predicted molar refractivity (Wildman–Crippen MR) is 321 cm³/mol. The van der Waals surface area contributed by atoms with Crippen molar-refractivity contribution in [3.63, 3.8) is 0 Å². The zero-order valence-electron chi connectivity index (χ0n) is 41.6. The maximum atomic E-state index is 7.10. The number of nitrogens with zero attached hydrogens (tertiary/aromatic N) is 2. The lowest BCUT2D eigenvalue weighted by atomic mass is 9.35. The molecule has 0 radical (unpaired) electrons. The van der Waals surface area contributed by atoms with E-state index in [0.717, 1.165) is 22.9 Å². The van der Waals surface area contributed by atoms with Crippen LogP contribution in [0.2, 0.25) is 0 Å². The monoisotopic (exact) mass is 1010 g/mol. The molecule has 0 unspecified atom stereocenters. The Balaban J connectivity index is 0.879. The van der Waals surface area contributed by atoms with Gasteiger partial charge in [-0.05, 0) is 121 Å². The van der Waals surface area contributed by atoms with Gasteiger partial charge in [0, 0.05) is 50.0 Å². The van der Waals surface area contributed by atoms with Crippen molar-refractivity contribution in [2.75, 3.05) is 9.80 Å². The van der Waals surface area contributed by atoms with Crippen molar-refractivity contribution in [2.45, 2.75) is 23.6 Å². The normalized spacial score (nSPS) is 14.7. The molecule has 4 heterocycles. The minimum Gasteiger partial charge on any atom is -0.458 e. The summed E-state index contributed by atoms with van der Waals surface area (Å²) < 4.78 is 7.10. The Kier molecular flexibility index (Phi) is 10.1. The van der Waals surface area contributed by atoms with Crippen LogP contribution in [0.4, 0.5) is 34.1 Å². The number of para-hydroxylation sites is 2. The smallest absolute Gasteiger partial charge is 0.253 e. The number of hydrogen-bond donors (Lipinski definition) is 0. The number of ether oxygens (including phenoxy) is 1. The molecular formula is C68H49BN2OSSi2. The van der Waals surface area contributed by atoms with E-state index in [4.69, 9.17) is 4.74 Å². The number of rotatable bonds is 6. The highest BCUT2D eigenvalue weighted by Crippen LogP contribution is 2.45. The molecule has 7 heteroatoms. The molecule has 15 rings (SSSR count). The van der Waals surface area contributed by atoms with Crippen molar-refractivity contribution < 1.29 is 4.74 Å². The van der Waals surface area contributed by atoms with Crippen LogP contribution in [-0.2, 0) is 0 Å². The van der Waals surface area contributed by atoms with Gasteiger partial charge in [0.05, 0.1) is 0 Å². The summed E-state index contributed by atoms with van der Waals surface area (Å²) in [4.78, 5) is 7.55. The molecule has 0 saturated heterocycles. The minimum absolute atomic E-state index is 0.00103. The maximum Gasteiger partial charge on any atom is 0.253 e. The minimum atomic E-state index is -2.80. The van der Waals surface area contributed by atoms with Crippen molar-refractivity contribution in [3.05, 3.63) is 272 Å². The van der Waals surface area contributed by atoms with Crippen molar-refractivity contribution >= 4 is 127 Å². The van der Waals surface area contributed by atoms with Gasteiger partial charge in [-0.2, -0.15) is 0 Å². The second-order valence-corrected chi connectivity index (χ2v) is 29.0. The van der Waals surface area contributed by atoms with Gasteiger partial charge in [-0.25, -0.2) is 0 Å². The van der Waals surface area contributed by atoms with E-state index in [1.54, 1.807) is 0 Å². The Bertz CT molecular complexity index is 3900. The summed E-state index contributed by atoms with van der Waals surface area (Å²) in [6.45, 7) is 4.49. The molecule has 354 valence electrons. The molecule has 4 aliphatic heterocycles. The zero-order chi connectivity index (χ0) is 49.8. The van der Waals surface area contributed by atoms with Crippen LogP contribution in [0.15, 0.2) is 271 Å². The average molecular weight is 1010 g/mol. The molecule has 4 aliphatic rings. The van der Waals surface area contributed by atoms with Crippen LogP contribution in [0.5, 0.6) is 11.5 Å². The van der Waals surface area contributed by atoms with Gasteiger partial charge in [-0.3, -0.25) is 0 Å². The molecule has 0 N–H and O–H groups in total. The summed E-state index contributed by atoms with van der Waals surface area (Å²) in [5.41, 5.74) is 13.4. The summed E-state index contributed by atoms with van der Waals surface area (Å²) in [5, 5.41) is 11.1. The van der Waals surface area contributed by atoms with Crippen LogP contribution in [0.3, 0.4) is 0 Å². The van der Waals surface area contributed by atoms with E-state index < -0.39 is 16.1 Å². The van der Waals surface area contributed by atoms with Gasteiger partial charge in [-0.1, -0.05) is 229 Å². The molecule has 0 aromatic heterocycles. The quantitative estimate of drug-likeness (QED) is 0.154. The fraction of sp³-hybridized carbons (Fsp3) is 0.0294. The van der Waals surface area contributed by atoms with Crippen molar-refractivity contribution in [1.82, 2.24) is 0 Å². The molecule has 0 fully saturated rings. The molecule has 3 nitrogen and oxygen atoms in total. The van der Waals surface area contributed by atoms with Crippen LogP contribution in [-0.4, -0.2) is 22.9 Å². The van der Waals surface area contributed by atoms with Gasteiger partial charge >= 0.3 is 0 Å². The second-order valence-electron chi connectivity index (χ2n) is 20.5. The lowest BCUT2D eigenvalue weighted by Gasteiger charge is -2.45. The molecule has 0 amide bonds.